The van der Waals surface area contributed by atoms with E-state index in [1.165, 1.54) is 17.0 Å². The Morgan fingerprint density at radius 3 is 2.05 bits per heavy atom. The molecule has 1 fully saturated rings. The van der Waals surface area contributed by atoms with Gasteiger partial charge in [0.1, 0.15) is 17.3 Å². The van der Waals surface area contributed by atoms with Crippen LogP contribution >= 0.6 is 0 Å². The van der Waals surface area contributed by atoms with Gasteiger partial charge in [-0.25, -0.2) is 8.78 Å². The zero-order chi connectivity index (χ0) is 15.6. The maximum atomic E-state index is 14.0. The van der Waals surface area contributed by atoms with Crippen molar-refractivity contribution >= 4 is 5.69 Å². The average Bonchev–Trinajstić information content (AvgIpc) is 2.38. The van der Waals surface area contributed by atoms with E-state index in [4.69, 9.17) is 5.73 Å². The van der Waals surface area contributed by atoms with Crippen molar-refractivity contribution in [3.63, 3.8) is 0 Å². The number of hydrogen-bond donors (Lipinski definition) is 1. The van der Waals surface area contributed by atoms with E-state index < -0.39 is 23.7 Å². The number of nitrogens with two attached hydrogens (primary N) is 1. The summed E-state index contributed by atoms with van der Waals surface area (Å²) in [6.07, 6.45) is -4.18. The van der Waals surface area contributed by atoms with Crippen LogP contribution in [0.1, 0.15) is 18.4 Å². The molecule has 0 amide bonds. The van der Waals surface area contributed by atoms with Gasteiger partial charge in [0, 0.05) is 13.1 Å². The first kappa shape index (κ1) is 16.0. The number of anilines is 1. The van der Waals surface area contributed by atoms with Crippen molar-refractivity contribution in [3.8, 4) is 0 Å². The third-order valence-electron chi connectivity index (χ3n) is 3.78. The molecule has 2 nitrogen and oxygen atoms in total. The lowest BCUT2D eigenvalue weighted by Crippen LogP contribution is -2.39. The molecule has 7 heteroatoms. The Morgan fingerprint density at radius 1 is 1.10 bits per heavy atom. The number of piperidine rings is 1. The fourth-order valence-electron chi connectivity index (χ4n) is 2.66. The molecular formula is C14H17F5N2. The molecule has 2 N–H and O–H groups in total. The standard InChI is InChI=1S/C14H17F5N2/c15-11-7-9(1-4-20)8-12(16)13(11)21-5-2-10(3-6-21)14(17,18)19/h7-8,10H,1-6,20H2. The first-order valence-electron chi connectivity index (χ1n) is 6.82. The van der Waals surface area contributed by atoms with Crippen LogP contribution in [0, 0.1) is 17.6 Å². The van der Waals surface area contributed by atoms with E-state index in [-0.39, 0.29) is 38.2 Å². The highest BCUT2D eigenvalue weighted by molar-refractivity contribution is 5.51. The molecule has 1 aromatic carbocycles. The highest BCUT2D eigenvalue weighted by atomic mass is 19.4. The van der Waals surface area contributed by atoms with Gasteiger partial charge in [0.25, 0.3) is 0 Å². The molecule has 0 atom stereocenters. The van der Waals surface area contributed by atoms with Gasteiger partial charge in [-0.15, -0.1) is 0 Å². The number of alkyl halides is 3. The minimum absolute atomic E-state index is 0.00570. The molecule has 21 heavy (non-hydrogen) atoms. The summed E-state index contributed by atoms with van der Waals surface area (Å²) in [7, 11) is 0. The van der Waals surface area contributed by atoms with Crippen molar-refractivity contribution in [2.75, 3.05) is 24.5 Å². The molecule has 0 radical (unpaired) electrons. The molecule has 0 bridgehead atoms. The van der Waals surface area contributed by atoms with Crippen molar-refractivity contribution in [2.45, 2.75) is 25.4 Å². The van der Waals surface area contributed by atoms with Crippen molar-refractivity contribution < 1.29 is 22.0 Å². The van der Waals surface area contributed by atoms with Gasteiger partial charge in [-0.3, -0.25) is 0 Å². The molecule has 0 unspecified atom stereocenters. The Labute approximate surface area is 119 Å². The fraction of sp³-hybridized carbons (Fsp3) is 0.571. The lowest BCUT2D eigenvalue weighted by Gasteiger charge is -2.34. The highest BCUT2D eigenvalue weighted by Gasteiger charge is 2.41. The number of benzene rings is 1. The van der Waals surface area contributed by atoms with Gasteiger partial charge in [-0.05, 0) is 43.5 Å². The van der Waals surface area contributed by atoms with Gasteiger partial charge in [0.2, 0.25) is 0 Å². The van der Waals surface area contributed by atoms with Gasteiger partial charge in [-0.2, -0.15) is 13.2 Å². The summed E-state index contributed by atoms with van der Waals surface area (Å²) in [5, 5.41) is 0. The quantitative estimate of drug-likeness (QED) is 0.869. The second-order valence-corrected chi connectivity index (χ2v) is 5.25. The minimum Gasteiger partial charge on any atom is -0.367 e. The maximum absolute atomic E-state index is 14.0. The molecular weight excluding hydrogens is 291 g/mol. The van der Waals surface area contributed by atoms with Crippen molar-refractivity contribution in [1.29, 1.82) is 0 Å². The van der Waals surface area contributed by atoms with Crippen LogP contribution in [0.25, 0.3) is 0 Å². The summed E-state index contributed by atoms with van der Waals surface area (Å²) in [5.74, 6) is -2.88. The van der Waals surface area contributed by atoms with E-state index in [0.717, 1.165) is 0 Å². The van der Waals surface area contributed by atoms with E-state index in [9.17, 15) is 22.0 Å². The lowest BCUT2D eigenvalue weighted by molar-refractivity contribution is -0.179. The van der Waals surface area contributed by atoms with Crippen molar-refractivity contribution in [2.24, 2.45) is 11.7 Å². The molecule has 118 valence electrons. The fourth-order valence-corrected chi connectivity index (χ4v) is 2.66. The molecule has 0 aromatic heterocycles. The monoisotopic (exact) mass is 308 g/mol. The summed E-state index contributed by atoms with van der Waals surface area (Å²) in [4.78, 5) is 1.35. The Balaban J connectivity index is 2.13. The molecule has 1 heterocycles. The summed E-state index contributed by atoms with van der Waals surface area (Å²) in [6.45, 7) is 0.262. The molecule has 1 saturated heterocycles. The van der Waals surface area contributed by atoms with Gasteiger partial charge >= 0.3 is 6.18 Å². The van der Waals surface area contributed by atoms with Gasteiger partial charge < -0.3 is 10.6 Å². The van der Waals surface area contributed by atoms with E-state index in [1.54, 1.807) is 0 Å². The molecule has 2 rings (SSSR count). The van der Waals surface area contributed by atoms with Crippen LogP contribution in [-0.4, -0.2) is 25.8 Å². The SMILES string of the molecule is NCCc1cc(F)c(N2CCC(C(F)(F)F)CC2)c(F)c1. The Bertz CT molecular complexity index is 470. The van der Waals surface area contributed by atoms with E-state index in [0.29, 0.717) is 12.0 Å². The molecule has 0 spiro atoms. The summed E-state index contributed by atoms with van der Waals surface area (Å²) < 4.78 is 65.8. The van der Waals surface area contributed by atoms with Crippen molar-refractivity contribution in [1.82, 2.24) is 0 Å². The number of hydrogen-bond acceptors (Lipinski definition) is 2. The first-order chi connectivity index (χ1) is 9.82. The second-order valence-electron chi connectivity index (χ2n) is 5.25. The number of rotatable bonds is 3. The third kappa shape index (κ3) is 3.64. The average molecular weight is 308 g/mol. The van der Waals surface area contributed by atoms with Crippen LogP contribution < -0.4 is 10.6 Å². The van der Waals surface area contributed by atoms with Crippen LogP contribution in [0.2, 0.25) is 0 Å². The Morgan fingerprint density at radius 2 is 1.62 bits per heavy atom. The number of halogens is 5. The molecule has 0 aliphatic carbocycles. The third-order valence-corrected chi connectivity index (χ3v) is 3.78. The van der Waals surface area contributed by atoms with E-state index >= 15 is 0 Å². The maximum Gasteiger partial charge on any atom is 0.391 e. The topological polar surface area (TPSA) is 29.3 Å². The van der Waals surface area contributed by atoms with Crippen LogP contribution in [0.15, 0.2) is 12.1 Å². The Kier molecular flexibility index (Phi) is 4.70. The van der Waals surface area contributed by atoms with Gasteiger partial charge in [0.15, 0.2) is 0 Å². The molecule has 0 saturated carbocycles. The molecule has 1 aliphatic rings. The smallest absolute Gasteiger partial charge is 0.367 e. The highest BCUT2D eigenvalue weighted by Crippen LogP contribution is 2.36. The Hall–Kier alpha value is -1.37. The van der Waals surface area contributed by atoms with Crippen molar-refractivity contribution in [3.05, 3.63) is 29.3 Å². The normalized spacial score (nSPS) is 17.3. The predicted octanol–water partition coefficient (Wildman–Crippen LogP) is 3.24. The van der Waals surface area contributed by atoms with E-state index in [2.05, 4.69) is 0 Å². The van der Waals surface area contributed by atoms with Gasteiger partial charge in [0.05, 0.1) is 5.92 Å². The van der Waals surface area contributed by atoms with Crippen LogP contribution in [0.3, 0.4) is 0 Å². The van der Waals surface area contributed by atoms with Crippen LogP contribution in [0.5, 0.6) is 0 Å². The summed E-state index contributed by atoms with van der Waals surface area (Å²) in [5.41, 5.74) is 5.54. The zero-order valence-electron chi connectivity index (χ0n) is 11.4. The predicted molar refractivity (Wildman–Crippen MR) is 70.1 cm³/mol. The first-order valence-corrected chi connectivity index (χ1v) is 6.82. The van der Waals surface area contributed by atoms with Gasteiger partial charge in [-0.1, -0.05) is 0 Å². The summed E-state index contributed by atoms with van der Waals surface area (Å²) >= 11 is 0. The largest absolute Gasteiger partial charge is 0.391 e. The molecule has 1 aliphatic heterocycles. The number of nitrogens with zero attached hydrogens (tertiary/aromatic N) is 1. The summed E-state index contributed by atoms with van der Waals surface area (Å²) in [6, 6.07) is 2.39. The molecule has 1 aromatic rings. The minimum atomic E-state index is -4.24. The van der Waals surface area contributed by atoms with Crippen LogP contribution in [0.4, 0.5) is 27.6 Å². The lowest BCUT2D eigenvalue weighted by atomic mass is 9.95. The second kappa shape index (κ2) is 6.17. The van der Waals surface area contributed by atoms with E-state index in [1.807, 2.05) is 0 Å². The van der Waals surface area contributed by atoms with Crippen LogP contribution in [-0.2, 0) is 6.42 Å². The zero-order valence-corrected chi connectivity index (χ0v) is 11.4.